The summed E-state index contributed by atoms with van der Waals surface area (Å²) in [4.78, 5) is 23.2. The summed E-state index contributed by atoms with van der Waals surface area (Å²) in [6.07, 6.45) is 51.2. The van der Waals surface area contributed by atoms with E-state index in [4.69, 9.17) is 9.47 Å². The average Bonchev–Trinajstić information content (AvgIpc) is 3.15. The van der Waals surface area contributed by atoms with E-state index in [1.807, 2.05) is 0 Å². The van der Waals surface area contributed by atoms with Gasteiger partial charge in [0.2, 0.25) is 0 Å². The molecule has 0 amide bonds. The predicted molar refractivity (Wildman–Crippen MR) is 229 cm³/mol. The molecule has 0 N–H and O–H groups in total. The summed E-state index contributed by atoms with van der Waals surface area (Å²) in [6, 6.07) is 0. The van der Waals surface area contributed by atoms with E-state index in [9.17, 15) is 9.59 Å². The number of hydrogen-bond acceptors (Lipinski definition) is 4. The Kier molecular flexibility index (Phi) is 50.9. The van der Waals surface area contributed by atoms with Gasteiger partial charge < -0.3 is 9.47 Å². The van der Waals surface area contributed by atoms with Crippen molar-refractivity contribution in [3.05, 3.63) is 0 Å². The van der Waals surface area contributed by atoms with E-state index in [0.29, 0.717) is 26.1 Å². The second-order valence-electron chi connectivity index (χ2n) is 16.0. The first-order chi connectivity index (χ1) is 25.6. The maximum absolute atomic E-state index is 11.7. The Morgan fingerprint density at radius 2 is 0.423 bits per heavy atom. The number of ether oxygens (including phenoxy) is 2. The van der Waals surface area contributed by atoms with Crippen molar-refractivity contribution in [3.63, 3.8) is 0 Å². The molecule has 0 aliphatic carbocycles. The van der Waals surface area contributed by atoms with Gasteiger partial charge in [-0.2, -0.15) is 0 Å². The van der Waals surface area contributed by atoms with E-state index >= 15 is 0 Å². The number of hydrogen-bond donors (Lipinski definition) is 0. The highest BCUT2D eigenvalue weighted by molar-refractivity contribution is 5.69. The van der Waals surface area contributed by atoms with Crippen LogP contribution in [0.2, 0.25) is 0 Å². The molecular weight excluding hydrogens is 641 g/mol. The van der Waals surface area contributed by atoms with Crippen LogP contribution in [0, 0.1) is 0 Å². The van der Waals surface area contributed by atoms with Gasteiger partial charge in [-0.25, -0.2) is 0 Å². The van der Waals surface area contributed by atoms with Crippen LogP contribution in [0.4, 0.5) is 0 Å². The summed E-state index contributed by atoms with van der Waals surface area (Å²) < 4.78 is 10.6. The van der Waals surface area contributed by atoms with Gasteiger partial charge in [0.1, 0.15) is 0 Å². The largest absolute Gasteiger partial charge is 0.466 e. The monoisotopic (exact) mass is 737 g/mol. The van der Waals surface area contributed by atoms with Crippen LogP contribution in [-0.2, 0) is 19.1 Å². The van der Waals surface area contributed by atoms with Gasteiger partial charge in [-0.3, -0.25) is 9.59 Å². The third kappa shape index (κ3) is 51.0. The molecule has 0 saturated carbocycles. The molecule has 0 aromatic heterocycles. The fraction of sp³-hybridized carbons (Fsp3) is 0.958. The third-order valence-corrected chi connectivity index (χ3v) is 10.5. The van der Waals surface area contributed by atoms with Crippen LogP contribution >= 0.6 is 0 Å². The second kappa shape index (κ2) is 49.9. The molecule has 0 aromatic rings. The van der Waals surface area contributed by atoms with Crippen LogP contribution in [0.1, 0.15) is 285 Å². The van der Waals surface area contributed by atoms with Gasteiger partial charge in [-0.1, -0.05) is 246 Å². The SMILES string of the molecule is CCCCCCCCCCCCCCCC(=O)OCCCCCCCC.CCCCCCCCCCCCCCCCOC(=O)CCCCCCC. The van der Waals surface area contributed by atoms with Gasteiger partial charge >= 0.3 is 11.9 Å². The van der Waals surface area contributed by atoms with E-state index < -0.39 is 0 Å². The zero-order valence-corrected chi connectivity index (χ0v) is 36.3. The minimum Gasteiger partial charge on any atom is -0.466 e. The summed E-state index contributed by atoms with van der Waals surface area (Å²) in [6.45, 7) is 10.3. The zero-order valence-electron chi connectivity index (χ0n) is 36.3. The Morgan fingerprint density at radius 3 is 0.635 bits per heavy atom. The Hall–Kier alpha value is -1.06. The Bertz CT molecular complexity index is 663. The minimum absolute atomic E-state index is 0.0104. The maximum Gasteiger partial charge on any atom is 0.305 e. The molecule has 0 aliphatic heterocycles. The molecule has 0 atom stereocenters. The van der Waals surface area contributed by atoms with Gasteiger partial charge in [0.15, 0.2) is 0 Å². The van der Waals surface area contributed by atoms with Crippen molar-refractivity contribution in [2.75, 3.05) is 13.2 Å². The lowest BCUT2D eigenvalue weighted by Gasteiger charge is -2.05. The van der Waals surface area contributed by atoms with E-state index in [1.165, 1.54) is 218 Å². The smallest absolute Gasteiger partial charge is 0.305 e. The zero-order chi connectivity index (χ0) is 38.3. The van der Waals surface area contributed by atoms with Crippen molar-refractivity contribution in [1.29, 1.82) is 0 Å². The fourth-order valence-electron chi connectivity index (χ4n) is 6.86. The van der Waals surface area contributed by atoms with E-state index in [-0.39, 0.29) is 11.9 Å². The van der Waals surface area contributed by atoms with Gasteiger partial charge in [0, 0.05) is 12.8 Å². The first-order valence-corrected chi connectivity index (χ1v) is 23.9. The molecule has 0 aliphatic rings. The highest BCUT2D eigenvalue weighted by atomic mass is 16.5. The van der Waals surface area contributed by atoms with Crippen LogP contribution in [0.5, 0.6) is 0 Å². The fourth-order valence-corrected chi connectivity index (χ4v) is 6.86. The first-order valence-electron chi connectivity index (χ1n) is 23.9. The van der Waals surface area contributed by atoms with Crippen molar-refractivity contribution in [1.82, 2.24) is 0 Å². The first kappa shape index (κ1) is 53.0. The molecule has 312 valence electrons. The lowest BCUT2D eigenvalue weighted by molar-refractivity contribution is -0.144. The minimum atomic E-state index is 0.0104. The summed E-state index contributed by atoms with van der Waals surface area (Å²) in [5, 5.41) is 0. The van der Waals surface area contributed by atoms with Crippen LogP contribution in [-0.4, -0.2) is 25.2 Å². The predicted octanol–water partition coefficient (Wildman–Crippen LogP) is 16.7. The molecule has 4 nitrogen and oxygen atoms in total. The van der Waals surface area contributed by atoms with Gasteiger partial charge in [-0.15, -0.1) is 0 Å². The van der Waals surface area contributed by atoms with E-state index in [1.54, 1.807) is 0 Å². The molecule has 0 fully saturated rings. The molecule has 0 saturated heterocycles. The number of rotatable bonds is 42. The van der Waals surface area contributed by atoms with E-state index in [2.05, 4.69) is 27.7 Å². The van der Waals surface area contributed by atoms with E-state index in [0.717, 1.165) is 25.7 Å². The highest BCUT2D eigenvalue weighted by Gasteiger charge is 2.04. The molecule has 0 heterocycles. The van der Waals surface area contributed by atoms with Crippen molar-refractivity contribution in [3.8, 4) is 0 Å². The molecular formula is C48H96O4. The Balaban J connectivity index is 0. The summed E-state index contributed by atoms with van der Waals surface area (Å²) in [5.74, 6) is 0.0258. The Labute approximate surface area is 327 Å². The molecule has 0 unspecified atom stereocenters. The molecule has 0 radical (unpaired) electrons. The quantitative estimate of drug-likeness (QED) is 0.0462. The Morgan fingerprint density at radius 1 is 0.250 bits per heavy atom. The maximum atomic E-state index is 11.7. The standard InChI is InChI=1S/2C24H48O2/c1-3-5-7-9-10-11-12-13-14-15-16-17-19-21-23-26-24(25)22-20-18-8-6-4-2;1-3-5-7-9-11-12-13-14-15-16-17-18-20-22-24(25)26-23-21-19-10-8-6-4-2/h2*3-23H2,1-2H3. The molecule has 0 aromatic carbocycles. The number of carbonyl (C=O) groups is 2. The van der Waals surface area contributed by atoms with Crippen LogP contribution < -0.4 is 0 Å². The summed E-state index contributed by atoms with van der Waals surface area (Å²) in [7, 11) is 0. The summed E-state index contributed by atoms with van der Waals surface area (Å²) in [5.41, 5.74) is 0. The molecule has 4 heteroatoms. The molecule has 0 bridgehead atoms. The summed E-state index contributed by atoms with van der Waals surface area (Å²) >= 11 is 0. The normalized spacial score (nSPS) is 11.0. The van der Waals surface area contributed by atoms with Crippen molar-refractivity contribution in [2.24, 2.45) is 0 Å². The van der Waals surface area contributed by atoms with Crippen molar-refractivity contribution < 1.29 is 19.1 Å². The van der Waals surface area contributed by atoms with Gasteiger partial charge in [0.25, 0.3) is 0 Å². The lowest BCUT2D eigenvalue weighted by atomic mass is 10.0. The van der Waals surface area contributed by atoms with Crippen molar-refractivity contribution in [2.45, 2.75) is 285 Å². The van der Waals surface area contributed by atoms with Gasteiger partial charge in [-0.05, 0) is 25.7 Å². The third-order valence-electron chi connectivity index (χ3n) is 10.5. The molecule has 0 rings (SSSR count). The van der Waals surface area contributed by atoms with Crippen LogP contribution in [0.15, 0.2) is 0 Å². The molecule has 0 spiro atoms. The number of esters is 2. The van der Waals surface area contributed by atoms with Crippen LogP contribution in [0.25, 0.3) is 0 Å². The second-order valence-corrected chi connectivity index (χ2v) is 16.0. The van der Waals surface area contributed by atoms with Crippen molar-refractivity contribution >= 4 is 11.9 Å². The van der Waals surface area contributed by atoms with Crippen LogP contribution in [0.3, 0.4) is 0 Å². The lowest BCUT2D eigenvalue weighted by Crippen LogP contribution is -2.05. The average molecular weight is 737 g/mol. The topological polar surface area (TPSA) is 52.6 Å². The number of unbranched alkanes of at least 4 members (excludes halogenated alkanes) is 34. The molecule has 52 heavy (non-hydrogen) atoms. The highest BCUT2D eigenvalue weighted by Crippen LogP contribution is 2.15. The van der Waals surface area contributed by atoms with Gasteiger partial charge in [0.05, 0.1) is 13.2 Å². The number of carbonyl (C=O) groups excluding carboxylic acids is 2.